The molecule has 27 heavy (non-hydrogen) atoms. The lowest BCUT2D eigenvalue weighted by molar-refractivity contribution is 0.510. The molecule has 3 N–H and O–H groups in total. The summed E-state index contributed by atoms with van der Waals surface area (Å²) in [6.45, 7) is 8.07. The van der Waals surface area contributed by atoms with Crippen LogP contribution in [0.1, 0.15) is 16.9 Å². The zero-order valence-electron chi connectivity index (χ0n) is 15.6. The van der Waals surface area contributed by atoms with Gasteiger partial charge in [-0.3, -0.25) is 4.99 Å². The fraction of sp³-hybridized carbons (Fsp3) is 0.286. The zero-order chi connectivity index (χ0) is 18.2. The van der Waals surface area contributed by atoms with Gasteiger partial charge >= 0.3 is 0 Å². The quantitative estimate of drug-likeness (QED) is 0.197. The Labute approximate surface area is 177 Å². The van der Waals surface area contributed by atoms with Gasteiger partial charge in [0.2, 0.25) is 0 Å². The van der Waals surface area contributed by atoms with E-state index >= 15 is 0 Å². The van der Waals surface area contributed by atoms with Crippen molar-refractivity contribution in [1.29, 1.82) is 0 Å². The van der Waals surface area contributed by atoms with Crippen molar-refractivity contribution >= 4 is 40.8 Å². The number of aryl methyl sites for hydroxylation is 1. The number of aromatic nitrogens is 1. The molecule has 0 bridgehead atoms. The van der Waals surface area contributed by atoms with E-state index in [9.17, 15) is 0 Å². The molecule has 0 atom stereocenters. The Balaban J connectivity index is 0.00000261. The molecule has 2 heterocycles. The van der Waals surface area contributed by atoms with Gasteiger partial charge in [-0.15, -0.1) is 30.6 Å². The monoisotopic (exact) mass is 478 g/mol. The molecule has 0 fully saturated rings. The predicted molar refractivity (Wildman–Crippen MR) is 123 cm³/mol. The summed E-state index contributed by atoms with van der Waals surface area (Å²) in [4.78, 5) is 7.97. The van der Waals surface area contributed by atoms with Gasteiger partial charge in [0, 0.05) is 43.2 Å². The maximum atomic E-state index is 5.35. The number of fused-ring (bicyclic) bond motifs is 1. The number of aromatic amines is 1. The van der Waals surface area contributed by atoms with Crippen LogP contribution in [0.2, 0.25) is 0 Å². The highest BCUT2D eigenvalue weighted by Crippen LogP contribution is 2.22. The van der Waals surface area contributed by atoms with E-state index in [1.165, 1.54) is 22.0 Å². The summed E-state index contributed by atoms with van der Waals surface area (Å²) in [5.74, 6) is 1.75. The van der Waals surface area contributed by atoms with E-state index in [4.69, 9.17) is 4.42 Å². The topological polar surface area (TPSA) is 65.3 Å². The van der Waals surface area contributed by atoms with E-state index < -0.39 is 0 Å². The van der Waals surface area contributed by atoms with Gasteiger partial charge in [-0.2, -0.15) is 0 Å². The molecule has 0 aliphatic carbocycles. The van der Waals surface area contributed by atoms with Gasteiger partial charge in [0.05, 0.1) is 6.26 Å². The Morgan fingerprint density at radius 1 is 1.22 bits per heavy atom. The molecule has 0 radical (unpaired) electrons. The first-order valence-corrected chi connectivity index (χ1v) is 8.99. The minimum Gasteiger partial charge on any atom is -0.469 e. The van der Waals surface area contributed by atoms with Gasteiger partial charge < -0.3 is 20.0 Å². The summed E-state index contributed by atoms with van der Waals surface area (Å²) in [5, 5.41) is 7.99. The SMILES string of the molecule is C=CCNC(=NCCc1ccco1)NCCc1c[nH]c2cccc(C)c12.I. The number of hydrogen-bond donors (Lipinski definition) is 3. The van der Waals surface area contributed by atoms with Crippen LogP contribution in [0.3, 0.4) is 0 Å². The first-order chi connectivity index (χ1) is 12.8. The molecule has 0 saturated carbocycles. The van der Waals surface area contributed by atoms with Crippen LogP contribution < -0.4 is 10.6 Å². The number of hydrogen-bond acceptors (Lipinski definition) is 2. The van der Waals surface area contributed by atoms with E-state index in [2.05, 4.69) is 58.5 Å². The molecule has 1 aromatic carbocycles. The number of aliphatic imine (C=N–C) groups is 1. The Hall–Kier alpha value is -2.22. The third-order valence-corrected chi connectivity index (χ3v) is 4.30. The Bertz CT molecular complexity index is 868. The second kappa shape index (κ2) is 10.8. The minimum absolute atomic E-state index is 0. The van der Waals surface area contributed by atoms with E-state index in [0.717, 1.165) is 31.1 Å². The zero-order valence-corrected chi connectivity index (χ0v) is 18.0. The van der Waals surface area contributed by atoms with Gasteiger partial charge in [-0.25, -0.2) is 0 Å². The maximum Gasteiger partial charge on any atom is 0.191 e. The molecule has 3 aromatic rings. The molecule has 5 nitrogen and oxygen atoms in total. The van der Waals surface area contributed by atoms with Crippen LogP contribution in [-0.4, -0.2) is 30.6 Å². The minimum atomic E-state index is 0. The molecule has 0 spiro atoms. The summed E-state index contributed by atoms with van der Waals surface area (Å²) in [7, 11) is 0. The summed E-state index contributed by atoms with van der Waals surface area (Å²) in [5.41, 5.74) is 3.82. The van der Waals surface area contributed by atoms with Crippen LogP contribution in [0.5, 0.6) is 0 Å². The molecule has 0 unspecified atom stereocenters. The van der Waals surface area contributed by atoms with Crippen molar-refractivity contribution in [1.82, 2.24) is 15.6 Å². The third-order valence-electron chi connectivity index (χ3n) is 4.30. The molecular formula is C21H27IN4O. The van der Waals surface area contributed by atoms with Crippen molar-refractivity contribution in [2.45, 2.75) is 19.8 Å². The van der Waals surface area contributed by atoms with Crippen molar-refractivity contribution in [3.05, 3.63) is 72.3 Å². The highest BCUT2D eigenvalue weighted by atomic mass is 127. The van der Waals surface area contributed by atoms with E-state index in [0.29, 0.717) is 13.1 Å². The first-order valence-electron chi connectivity index (χ1n) is 8.99. The molecular weight excluding hydrogens is 451 g/mol. The second-order valence-electron chi connectivity index (χ2n) is 6.22. The fourth-order valence-electron chi connectivity index (χ4n) is 3.04. The van der Waals surface area contributed by atoms with Crippen molar-refractivity contribution < 1.29 is 4.42 Å². The van der Waals surface area contributed by atoms with Gasteiger partial charge in [0.15, 0.2) is 5.96 Å². The summed E-state index contributed by atoms with van der Waals surface area (Å²) in [6.07, 6.45) is 7.34. The molecule has 6 heteroatoms. The second-order valence-corrected chi connectivity index (χ2v) is 6.22. The van der Waals surface area contributed by atoms with Crippen LogP contribution >= 0.6 is 24.0 Å². The molecule has 0 amide bonds. The van der Waals surface area contributed by atoms with Crippen LogP contribution in [-0.2, 0) is 12.8 Å². The normalized spacial score (nSPS) is 11.2. The Kier molecular flexibility index (Phi) is 8.44. The predicted octanol–water partition coefficient (Wildman–Crippen LogP) is 4.19. The number of rotatable bonds is 8. The molecule has 3 rings (SSSR count). The number of H-pyrrole nitrogens is 1. The number of nitrogens with one attached hydrogen (secondary N) is 3. The lowest BCUT2D eigenvalue weighted by atomic mass is 10.1. The largest absolute Gasteiger partial charge is 0.469 e. The van der Waals surface area contributed by atoms with Crippen molar-refractivity contribution in [2.24, 2.45) is 4.99 Å². The molecule has 0 saturated heterocycles. The third kappa shape index (κ3) is 5.89. The van der Waals surface area contributed by atoms with Crippen molar-refractivity contribution in [3.8, 4) is 0 Å². The number of furan rings is 1. The summed E-state index contributed by atoms with van der Waals surface area (Å²) in [6, 6.07) is 10.2. The fourth-order valence-corrected chi connectivity index (χ4v) is 3.04. The lowest BCUT2D eigenvalue weighted by Crippen LogP contribution is -2.38. The first kappa shape index (κ1) is 21.1. The van der Waals surface area contributed by atoms with E-state index in [1.807, 2.05) is 18.2 Å². The molecule has 2 aromatic heterocycles. The number of benzene rings is 1. The highest BCUT2D eigenvalue weighted by Gasteiger charge is 2.06. The molecule has 144 valence electrons. The Morgan fingerprint density at radius 3 is 2.89 bits per heavy atom. The number of nitrogens with zero attached hydrogens (tertiary/aromatic N) is 1. The van der Waals surface area contributed by atoms with Crippen molar-refractivity contribution in [2.75, 3.05) is 19.6 Å². The van der Waals surface area contributed by atoms with Crippen LogP contribution in [0, 0.1) is 6.92 Å². The lowest BCUT2D eigenvalue weighted by Gasteiger charge is -2.11. The average molecular weight is 478 g/mol. The average Bonchev–Trinajstić information content (AvgIpc) is 3.30. The van der Waals surface area contributed by atoms with Gasteiger partial charge in [-0.1, -0.05) is 18.2 Å². The smallest absolute Gasteiger partial charge is 0.191 e. The summed E-state index contributed by atoms with van der Waals surface area (Å²) < 4.78 is 5.35. The summed E-state index contributed by atoms with van der Waals surface area (Å²) >= 11 is 0. The number of halogens is 1. The van der Waals surface area contributed by atoms with Crippen LogP contribution in [0.4, 0.5) is 0 Å². The van der Waals surface area contributed by atoms with Gasteiger partial charge in [0.1, 0.15) is 5.76 Å². The van der Waals surface area contributed by atoms with Gasteiger partial charge in [-0.05, 0) is 42.7 Å². The van der Waals surface area contributed by atoms with E-state index in [-0.39, 0.29) is 24.0 Å². The van der Waals surface area contributed by atoms with Gasteiger partial charge in [0.25, 0.3) is 0 Å². The van der Waals surface area contributed by atoms with E-state index in [1.54, 1.807) is 6.26 Å². The molecule has 0 aliphatic heterocycles. The maximum absolute atomic E-state index is 5.35. The van der Waals surface area contributed by atoms with Crippen molar-refractivity contribution in [3.63, 3.8) is 0 Å². The molecule has 0 aliphatic rings. The Morgan fingerprint density at radius 2 is 2.11 bits per heavy atom. The standard InChI is InChI=1S/C21H26N4O.HI/c1-3-11-22-21(24-13-10-18-7-5-14-26-18)23-12-9-17-15-25-19-8-4-6-16(2)20(17)19;/h3-8,14-15,25H,1,9-13H2,2H3,(H2,22,23,24);1H. The van der Waals surface area contributed by atoms with Crippen LogP contribution in [0.25, 0.3) is 10.9 Å². The highest BCUT2D eigenvalue weighted by molar-refractivity contribution is 14.0. The van der Waals surface area contributed by atoms with Crippen LogP contribution in [0.15, 0.2) is 64.9 Å². The number of guanidine groups is 1.